The zero-order valence-electron chi connectivity index (χ0n) is 14.7. The molecule has 29 heavy (non-hydrogen) atoms. The van der Waals surface area contributed by atoms with Gasteiger partial charge in [-0.25, -0.2) is 9.78 Å². The van der Waals surface area contributed by atoms with Crippen molar-refractivity contribution in [2.24, 2.45) is 0 Å². The van der Waals surface area contributed by atoms with Gasteiger partial charge in [-0.15, -0.1) is 0 Å². The molecule has 0 fully saturated rings. The summed E-state index contributed by atoms with van der Waals surface area (Å²) in [4.78, 5) is 45.8. The van der Waals surface area contributed by atoms with Crippen molar-refractivity contribution in [3.8, 4) is 17.7 Å². The SMILES string of the molecule is N#Cc1ccc(Oc2ccc(C(=O)ON3C(=O)c4ccccc4C3=O)cc2)nc1. The van der Waals surface area contributed by atoms with E-state index in [9.17, 15) is 14.4 Å². The molecule has 0 atom stereocenters. The number of rotatable bonds is 4. The van der Waals surface area contributed by atoms with Crippen LogP contribution in [0.3, 0.4) is 0 Å². The normalized spacial score (nSPS) is 12.3. The predicted octanol–water partition coefficient (Wildman–Crippen LogP) is 3.11. The smallest absolute Gasteiger partial charge is 0.363 e. The van der Waals surface area contributed by atoms with E-state index in [2.05, 4.69) is 4.98 Å². The number of nitriles is 1. The van der Waals surface area contributed by atoms with E-state index in [1.165, 1.54) is 42.6 Å². The highest BCUT2D eigenvalue weighted by Crippen LogP contribution is 2.24. The van der Waals surface area contributed by atoms with E-state index in [1.807, 2.05) is 6.07 Å². The summed E-state index contributed by atoms with van der Waals surface area (Å²) in [5.74, 6) is -1.55. The highest BCUT2D eigenvalue weighted by Gasteiger charge is 2.38. The van der Waals surface area contributed by atoms with E-state index in [0.717, 1.165) is 0 Å². The van der Waals surface area contributed by atoms with Crippen LogP contribution in [-0.2, 0) is 4.84 Å². The molecule has 0 unspecified atom stereocenters. The summed E-state index contributed by atoms with van der Waals surface area (Å²) < 4.78 is 5.53. The van der Waals surface area contributed by atoms with Crippen LogP contribution >= 0.6 is 0 Å². The molecule has 0 bridgehead atoms. The van der Waals surface area contributed by atoms with Gasteiger partial charge in [0.05, 0.1) is 22.3 Å². The Balaban J connectivity index is 1.44. The Morgan fingerprint density at radius 2 is 1.59 bits per heavy atom. The van der Waals surface area contributed by atoms with Crippen molar-refractivity contribution in [2.75, 3.05) is 0 Å². The van der Waals surface area contributed by atoms with Crippen molar-refractivity contribution in [2.45, 2.75) is 0 Å². The minimum absolute atomic E-state index is 0.127. The van der Waals surface area contributed by atoms with Gasteiger partial charge in [0.25, 0.3) is 11.8 Å². The second-order valence-electron chi connectivity index (χ2n) is 5.95. The van der Waals surface area contributed by atoms with Crippen molar-refractivity contribution in [1.82, 2.24) is 10.0 Å². The molecule has 1 aliphatic rings. The molecule has 0 N–H and O–H groups in total. The number of nitrogens with zero attached hydrogens (tertiary/aromatic N) is 3. The fraction of sp³-hybridized carbons (Fsp3) is 0. The van der Waals surface area contributed by atoms with Gasteiger partial charge in [-0.1, -0.05) is 17.2 Å². The average molecular weight is 385 g/mol. The lowest BCUT2D eigenvalue weighted by atomic mass is 10.1. The summed E-state index contributed by atoms with van der Waals surface area (Å²) in [5, 5.41) is 9.22. The molecule has 0 saturated carbocycles. The van der Waals surface area contributed by atoms with Crippen LogP contribution < -0.4 is 4.74 Å². The maximum absolute atomic E-state index is 12.3. The number of hydroxylamine groups is 2. The highest BCUT2D eigenvalue weighted by atomic mass is 16.7. The molecule has 2 aromatic carbocycles. The minimum atomic E-state index is -0.859. The summed E-state index contributed by atoms with van der Waals surface area (Å²) >= 11 is 0. The Bertz CT molecular complexity index is 1130. The number of pyridine rings is 1. The third-order valence-corrected chi connectivity index (χ3v) is 4.11. The lowest BCUT2D eigenvalue weighted by molar-refractivity contribution is -0.0584. The van der Waals surface area contributed by atoms with Crippen molar-refractivity contribution in [3.63, 3.8) is 0 Å². The van der Waals surface area contributed by atoms with Crippen LogP contribution in [0.1, 0.15) is 36.6 Å². The summed E-state index contributed by atoms with van der Waals surface area (Å²) in [6.07, 6.45) is 1.38. The number of ether oxygens (including phenoxy) is 1. The summed E-state index contributed by atoms with van der Waals surface area (Å²) in [5.41, 5.74) is 0.901. The number of aromatic nitrogens is 1. The van der Waals surface area contributed by atoms with E-state index >= 15 is 0 Å². The number of fused-ring (bicyclic) bond motifs is 1. The molecule has 0 radical (unpaired) electrons. The van der Waals surface area contributed by atoms with E-state index in [-0.39, 0.29) is 22.6 Å². The fourth-order valence-corrected chi connectivity index (χ4v) is 2.67. The predicted molar refractivity (Wildman–Crippen MR) is 97.8 cm³/mol. The molecule has 1 aromatic heterocycles. The van der Waals surface area contributed by atoms with Gasteiger partial charge in [0.2, 0.25) is 5.88 Å². The second-order valence-corrected chi connectivity index (χ2v) is 5.95. The van der Waals surface area contributed by atoms with Crippen molar-refractivity contribution in [3.05, 3.63) is 89.1 Å². The number of hydrogen-bond acceptors (Lipinski definition) is 7. The molecule has 0 aliphatic carbocycles. The first-order valence-corrected chi connectivity index (χ1v) is 8.41. The quantitative estimate of drug-likeness (QED) is 0.635. The van der Waals surface area contributed by atoms with Gasteiger partial charge in [0, 0.05) is 12.3 Å². The first-order valence-electron chi connectivity index (χ1n) is 8.41. The van der Waals surface area contributed by atoms with Crippen LogP contribution in [0.5, 0.6) is 11.6 Å². The molecular formula is C21H11N3O5. The summed E-state index contributed by atoms with van der Waals surface area (Å²) in [7, 11) is 0. The molecule has 140 valence electrons. The van der Waals surface area contributed by atoms with Crippen molar-refractivity contribution < 1.29 is 24.0 Å². The highest BCUT2D eigenvalue weighted by molar-refractivity contribution is 6.21. The van der Waals surface area contributed by atoms with Crippen molar-refractivity contribution >= 4 is 17.8 Å². The average Bonchev–Trinajstić information content (AvgIpc) is 3.00. The first kappa shape index (κ1) is 17.9. The molecule has 8 nitrogen and oxygen atoms in total. The van der Waals surface area contributed by atoms with E-state index in [4.69, 9.17) is 14.8 Å². The molecule has 0 saturated heterocycles. The maximum Gasteiger partial charge on any atom is 0.363 e. The van der Waals surface area contributed by atoms with Gasteiger partial charge >= 0.3 is 5.97 Å². The van der Waals surface area contributed by atoms with Crippen molar-refractivity contribution in [1.29, 1.82) is 5.26 Å². The van der Waals surface area contributed by atoms with Crippen LogP contribution in [0.25, 0.3) is 0 Å². The zero-order valence-corrected chi connectivity index (χ0v) is 14.7. The standard InChI is InChI=1S/C21H11N3O5/c22-11-13-5-10-18(23-12-13)28-15-8-6-14(7-9-15)21(27)29-24-19(25)16-3-1-2-4-17(16)20(24)26/h1-10,12H. The van der Waals surface area contributed by atoms with Gasteiger partial charge in [0.1, 0.15) is 11.8 Å². The Kier molecular flexibility index (Phi) is 4.47. The minimum Gasteiger partial charge on any atom is -0.439 e. The summed E-state index contributed by atoms with van der Waals surface area (Å²) in [6, 6.07) is 17.2. The third-order valence-electron chi connectivity index (χ3n) is 4.11. The molecule has 2 amide bonds. The van der Waals surface area contributed by atoms with Crippen LogP contribution in [0.2, 0.25) is 0 Å². The van der Waals surface area contributed by atoms with Gasteiger partial charge < -0.3 is 9.57 Å². The number of carbonyl (C=O) groups excluding carboxylic acids is 3. The molecular weight excluding hydrogens is 374 g/mol. The van der Waals surface area contributed by atoms with Crippen LogP contribution in [0.15, 0.2) is 66.9 Å². The zero-order chi connectivity index (χ0) is 20.4. The molecule has 2 heterocycles. The number of imide groups is 1. The Morgan fingerprint density at radius 3 is 2.14 bits per heavy atom. The first-order chi connectivity index (χ1) is 14.1. The van der Waals surface area contributed by atoms with E-state index < -0.39 is 17.8 Å². The molecule has 0 spiro atoms. The van der Waals surface area contributed by atoms with Gasteiger partial charge in [-0.3, -0.25) is 9.59 Å². The molecule has 4 rings (SSSR count). The van der Waals surface area contributed by atoms with E-state index in [0.29, 0.717) is 16.4 Å². The fourth-order valence-electron chi connectivity index (χ4n) is 2.67. The lowest BCUT2D eigenvalue weighted by Gasteiger charge is -2.12. The van der Waals surface area contributed by atoms with E-state index in [1.54, 1.807) is 24.3 Å². The Hall–Kier alpha value is -4.51. The Labute approximate surface area is 164 Å². The topological polar surface area (TPSA) is 110 Å². The van der Waals surface area contributed by atoms with Gasteiger partial charge in [-0.05, 0) is 42.5 Å². The number of hydrogen-bond donors (Lipinski definition) is 0. The van der Waals surface area contributed by atoms with Crippen LogP contribution in [0, 0.1) is 11.3 Å². The number of carbonyl (C=O) groups is 3. The molecule has 1 aliphatic heterocycles. The number of benzene rings is 2. The van der Waals surface area contributed by atoms with Crippen LogP contribution in [0.4, 0.5) is 0 Å². The molecule has 8 heteroatoms. The van der Waals surface area contributed by atoms with Gasteiger partial charge in [-0.2, -0.15) is 5.26 Å². The Morgan fingerprint density at radius 1 is 0.931 bits per heavy atom. The monoisotopic (exact) mass is 385 g/mol. The lowest BCUT2D eigenvalue weighted by Crippen LogP contribution is -2.32. The van der Waals surface area contributed by atoms with Crippen LogP contribution in [-0.4, -0.2) is 27.8 Å². The number of amides is 2. The third kappa shape index (κ3) is 3.40. The molecule has 3 aromatic rings. The summed E-state index contributed by atoms with van der Waals surface area (Å²) in [6.45, 7) is 0. The van der Waals surface area contributed by atoms with Gasteiger partial charge in [0.15, 0.2) is 0 Å². The largest absolute Gasteiger partial charge is 0.439 e. The maximum atomic E-state index is 12.3. The second kappa shape index (κ2) is 7.25.